The van der Waals surface area contributed by atoms with E-state index in [1.165, 1.54) is 0 Å². The van der Waals surface area contributed by atoms with Crippen LogP contribution in [0.1, 0.15) is 11.3 Å². The van der Waals surface area contributed by atoms with Crippen LogP contribution in [-0.4, -0.2) is 53.7 Å². The number of aromatic nitrogens is 2. The van der Waals surface area contributed by atoms with Crippen molar-refractivity contribution in [3.63, 3.8) is 0 Å². The average molecular weight is 394 g/mol. The topological polar surface area (TPSA) is 67.8 Å². The Kier molecular flexibility index (Phi) is 4.70. The first-order valence-corrected chi connectivity index (χ1v) is 8.70. The number of benzene rings is 1. The van der Waals surface area contributed by atoms with Crippen LogP contribution in [0.5, 0.6) is 11.5 Å². The van der Waals surface area contributed by atoms with E-state index in [-0.39, 0.29) is 24.9 Å². The lowest BCUT2D eigenvalue weighted by molar-refractivity contribution is -0.141. The van der Waals surface area contributed by atoms with Crippen molar-refractivity contribution >= 4 is 11.7 Å². The first kappa shape index (κ1) is 18.3. The lowest BCUT2D eigenvalue weighted by atomic mass is 10.1. The second kappa shape index (κ2) is 7.17. The Bertz CT molecular complexity index is 883. The number of rotatable bonds is 3. The van der Waals surface area contributed by atoms with Gasteiger partial charge in [-0.25, -0.2) is 9.97 Å². The fourth-order valence-corrected chi connectivity index (χ4v) is 3.20. The van der Waals surface area contributed by atoms with Crippen LogP contribution >= 0.6 is 0 Å². The summed E-state index contributed by atoms with van der Waals surface area (Å²) in [5.41, 5.74) is -0.152. The number of carbonyl (C=O) groups excluding carboxylic acids is 1. The van der Waals surface area contributed by atoms with Crippen molar-refractivity contribution in [2.24, 2.45) is 0 Å². The molecule has 0 aliphatic carbocycles. The van der Waals surface area contributed by atoms with Crippen molar-refractivity contribution in [2.75, 3.05) is 37.9 Å². The number of alkyl halides is 3. The van der Waals surface area contributed by atoms with Gasteiger partial charge in [0.05, 0.1) is 6.42 Å². The third kappa shape index (κ3) is 3.80. The molecule has 2 aliphatic heterocycles. The summed E-state index contributed by atoms with van der Waals surface area (Å²) in [7, 11) is 0. The fraction of sp³-hybridized carbons (Fsp3) is 0.389. The van der Waals surface area contributed by atoms with Gasteiger partial charge in [0, 0.05) is 32.2 Å². The minimum Gasteiger partial charge on any atom is -0.454 e. The van der Waals surface area contributed by atoms with Gasteiger partial charge < -0.3 is 19.3 Å². The quantitative estimate of drug-likeness (QED) is 0.795. The van der Waals surface area contributed by atoms with Crippen LogP contribution in [0, 0.1) is 0 Å². The number of amides is 1. The molecule has 1 aromatic carbocycles. The monoisotopic (exact) mass is 394 g/mol. The first-order chi connectivity index (χ1) is 13.4. The van der Waals surface area contributed by atoms with Crippen LogP contribution in [-0.2, 0) is 17.4 Å². The van der Waals surface area contributed by atoms with E-state index >= 15 is 0 Å². The summed E-state index contributed by atoms with van der Waals surface area (Å²) in [5.74, 6) is 1.45. The van der Waals surface area contributed by atoms with E-state index in [1.807, 2.05) is 6.07 Å². The Labute approximate surface area is 158 Å². The van der Waals surface area contributed by atoms with Crippen molar-refractivity contribution in [1.82, 2.24) is 14.9 Å². The molecular weight excluding hydrogens is 377 g/mol. The molecule has 0 N–H and O–H groups in total. The summed E-state index contributed by atoms with van der Waals surface area (Å²) in [6, 6.07) is 6.32. The third-order valence-corrected chi connectivity index (χ3v) is 4.69. The summed E-state index contributed by atoms with van der Waals surface area (Å²) >= 11 is 0. The number of carbonyl (C=O) groups is 1. The van der Waals surface area contributed by atoms with Crippen molar-refractivity contribution in [2.45, 2.75) is 12.6 Å². The Hall–Kier alpha value is -3.04. The van der Waals surface area contributed by atoms with Crippen molar-refractivity contribution < 1.29 is 27.4 Å². The van der Waals surface area contributed by atoms with Gasteiger partial charge in [0.1, 0.15) is 17.8 Å². The zero-order valence-electron chi connectivity index (χ0n) is 14.8. The van der Waals surface area contributed by atoms with E-state index in [0.717, 1.165) is 18.0 Å². The number of fused-ring (bicyclic) bond motifs is 1. The fourth-order valence-electron chi connectivity index (χ4n) is 3.20. The number of halogens is 3. The molecular formula is C18H17F3N4O3. The highest BCUT2D eigenvalue weighted by molar-refractivity contribution is 5.79. The van der Waals surface area contributed by atoms with Gasteiger partial charge in [-0.2, -0.15) is 13.2 Å². The normalized spacial score (nSPS) is 16.4. The van der Waals surface area contributed by atoms with Gasteiger partial charge in [0.15, 0.2) is 11.5 Å². The second-order valence-corrected chi connectivity index (χ2v) is 6.49. The highest BCUT2D eigenvalue weighted by atomic mass is 19.4. The number of hydrogen-bond donors (Lipinski definition) is 0. The predicted octanol–water partition coefficient (Wildman–Crippen LogP) is 2.12. The van der Waals surface area contributed by atoms with E-state index in [0.29, 0.717) is 37.7 Å². The standard InChI is InChI=1S/C18H17F3N4O3/c19-18(20,21)15-9-16(23-10-22-15)24-3-5-25(6-4-24)17(26)8-12-1-2-13-14(7-12)28-11-27-13/h1-2,7,9-10H,3-6,8,11H2. The molecule has 0 atom stereocenters. The zero-order chi connectivity index (χ0) is 19.7. The molecule has 0 saturated carbocycles. The number of piperazine rings is 1. The van der Waals surface area contributed by atoms with Crippen LogP contribution in [0.25, 0.3) is 0 Å². The largest absolute Gasteiger partial charge is 0.454 e. The molecule has 148 valence electrons. The van der Waals surface area contributed by atoms with E-state index in [1.54, 1.807) is 21.9 Å². The van der Waals surface area contributed by atoms with Gasteiger partial charge in [0.2, 0.25) is 12.7 Å². The van der Waals surface area contributed by atoms with E-state index in [9.17, 15) is 18.0 Å². The minimum atomic E-state index is -4.51. The van der Waals surface area contributed by atoms with Gasteiger partial charge in [-0.1, -0.05) is 6.07 Å². The number of hydrogen-bond acceptors (Lipinski definition) is 6. The number of ether oxygens (including phenoxy) is 2. The molecule has 2 aliphatic rings. The van der Waals surface area contributed by atoms with Crippen LogP contribution in [0.3, 0.4) is 0 Å². The van der Waals surface area contributed by atoms with E-state index in [4.69, 9.17) is 9.47 Å². The summed E-state index contributed by atoms with van der Waals surface area (Å²) in [5, 5.41) is 0. The molecule has 7 nitrogen and oxygen atoms in total. The molecule has 2 aromatic rings. The molecule has 0 bridgehead atoms. The molecule has 3 heterocycles. The van der Waals surface area contributed by atoms with Crippen LogP contribution in [0.15, 0.2) is 30.6 Å². The molecule has 0 unspecified atom stereocenters. The Morgan fingerprint density at radius 3 is 2.54 bits per heavy atom. The van der Waals surface area contributed by atoms with Crippen LogP contribution in [0.2, 0.25) is 0 Å². The van der Waals surface area contributed by atoms with Crippen molar-refractivity contribution in [1.29, 1.82) is 0 Å². The molecule has 1 amide bonds. The lowest BCUT2D eigenvalue weighted by Gasteiger charge is -2.35. The van der Waals surface area contributed by atoms with Gasteiger partial charge in [0.25, 0.3) is 0 Å². The molecule has 1 aromatic heterocycles. The van der Waals surface area contributed by atoms with Crippen LogP contribution in [0.4, 0.5) is 19.0 Å². The van der Waals surface area contributed by atoms with E-state index < -0.39 is 11.9 Å². The molecule has 10 heteroatoms. The van der Waals surface area contributed by atoms with Gasteiger partial charge in [-0.3, -0.25) is 4.79 Å². The average Bonchev–Trinajstić information content (AvgIpc) is 3.15. The van der Waals surface area contributed by atoms with Crippen molar-refractivity contribution in [3.05, 3.63) is 41.9 Å². The summed E-state index contributed by atoms with van der Waals surface area (Å²) in [6.07, 6.45) is -3.38. The maximum Gasteiger partial charge on any atom is 0.433 e. The first-order valence-electron chi connectivity index (χ1n) is 8.70. The summed E-state index contributed by atoms with van der Waals surface area (Å²) < 4.78 is 49.0. The van der Waals surface area contributed by atoms with Crippen LogP contribution < -0.4 is 14.4 Å². The smallest absolute Gasteiger partial charge is 0.433 e. The Morgan fingerprint density at radius 1 is 1.04 bits per heavy atom. The lowest BCUT2D eigenvalue weighted by Crippen LogP contribution is -2.49. The SMILES string of the molecule is O=C(Cc1ccc2c(c1)OCO2)N1CCN(c2cc(C(F)(F)F)ncn2)CC1. The highest BCUT2D eigenvalue weighted by Crippen LogP contribution is 2.33. The molecule has 0 spiro atoms. The predicted molar refractivity (Wildman–Crippen MR) is 92.1 cm³/mol. The van der Waals surface area contributed by atoms with Gasteiger partial charge >= 0.3 is 6.18 Å². The number of nitrogens with zero attached hydrogens (tertiary/aromatic N) is 4. The maximum absolute atomic E-state index is 12.8. The Morgan fingerprint density at radius 2 is 1.79 bits per heavy atom. The summed E-state index contributed by atoms with van der Waals surface area (Å²) in [4.78, 5) is 23.2. The van der Waals surface area contributed by atoms with Gasteiger partial charge in [-0.15, -0.1) is 0 Å². The maximum atomic E-state index is 12.8. The molecule has 1 saturated heterocycles. The van der Waals surface area contributed by atoms with E-state index in [2.05, 4.69) is 9.97 Å². The van der Waals surface area contributed by atoms with Crippen molar-refractivity contribution in [3.8, 4) is 11.5 Å². The number of anilines is 1. The Balaban J connectivity index is 1.36. The second-order valence-electron chi connectivity index (χ2n) is 6.49. The molecule has 28 heavy (non-hydrogen) atoms. The third-order valence-electron chi connectivity index (χ3n) is 4.69. The molecule has 1 fully saturated rings. The van der Waals surface area contributed by atoms with Gasteiger partial charge in [-0.05, 0) is 17.7 Å². The minimum absolute atomic E-state index is 0.0443. The summed E-state index contributed by atoms with van der Waals surface area (Å²) in [6.45, 7) is 1.81. The zero-order valence-corrected chi connectivity index (χ0v) is 14.8. The molecule has 4 rings (SSSR count). The molecule has 0 radical (unpaired) electrons. The highest BCUT2D eigenvalue weighted by Gasteiger charge is 2.33.